The topological polar surface area (TPSA) is 79.5 Å². The van der Waals surface area contributed by atoms with E-state index in [4.69, 9.17) is 4.42 Å². The lowest BCUT2D eigenvalue weighted by molar-refractivity contribution is 0.0697. The van der Waals surface area contributed by atoms with Gasteiger partial charge in [0.25, 0.3) is 5.91 Å². The number of hydrogen-bond donors (Lipinski definition) is 2. The number of rotatable bonds is 3. The first-order valence-electron chi connectivity index (χ1n) is 6.11. The highest BCUT2D eigenvalue weighted by molar-refractivity contribution is 6.08. The highest BCUT2D eigenvalue weighted by Gasteiger charge is 2.18. The zero-order valence-corrected chi connectivity index (χ0v) is 11.5. The van der Waals surface area contributed by atoms with E-state index in [1.165, 1.54) is 0 Å². The Kier molecular flexibility index (Phi) is 3.61. The number of furan rings is 1. The first kappa shape index (κ1) is 13.9. The van der Waals surface area contributed by atoms with Crippen LogP contribution in [0.2, 0.25) is 0 Å². The molecule has 0 saturated carbocycles. The summed E-state index contributed by atoms with van der Waals surface area (Å²) in [5.41, 5.74) is 1.37. The lowest BCUT2D eigenvalue weighted by atomic mass is 10.1. The number of benzene rings is 1. The zero-order valence-electron chi connectivity index (χ0n) is 11.5. The number of aryl methyl sites for hydroxylation is 3. The van der Waals surface area contributed by atoms with Gasteiger partial charge in [-0.1, -0.05) is 12.1 Å². The molecule has 0 radical (unpaired) electrons. The van der Waals surface area contributed by atoms with Crippen molar-refractivity contribution in [2.75, 3.05) is 5.32 Å². The number of amides is 1. The molecule has 0 aliphatic rings. The minimum atomic E-state index is -1.07. The maximum absolute atomic E-state index is 12.2. The van der Waals surface area contributed by atoms with Gasteiger partial charge in [-0.25, -0.2) is 4.79 Å². The van der Waals surface area contributed by atoms with Crippen LogP contribution in [0.4, 0.5) is 5.69 Å². The molecule has 5 heteroatoms. The predicted molar refractivity (Wildman–Crippen MR) is 74.3 cm³/mol. The van der Waals surface area contributed by atoms with Gasteiger partial charge in [0.05, 0.1) is 16.8 Å². The minimum absolute atomic E-state index is 0.0960. The SMILES string of the molecule is Cc1cc(C(=O)Nc2cccc(C)c2C(=O)O)c(C)o1. The van der Waals surface area contributed by atoms with Crippen LogP contribution >= 0.6 is 0 Å². The van der Waals surface area contributed by atoms with Gasteiger partial charge in [-0.15, -0.1) is 0 Å². The molecule has 0 saturated heterocycles. The van der Waals surface area contributed by atoms with Crippen molar-refractivity contribution in [1.29, 1.82) is 0 Å². The van der Waals surface area contributed by atoms with Crippen molar-refractivity contribution in [2.24, 2.45) is 0 Å². The second kappa shape index (κ2) is 5.21. The second-order valence-corrected chi connectivity index (χ2v) is 4.58. The molecule has 1 amide bonds. The molecule has 1 heterocycles. The van der Waals surface area contributed by atoms with E-state index in [0.29, 0.717) is 22.6 Å². The molecule has 0 fully saturated rings. The summed E-state index contributed by atoms with van der Waals surface area (Å²) < 4.78 is 5.30. The monoisotopic (exact) mass is 273 g/mol. The molecule has 20 heavy (non-hydrogen) atoms. The predicted octanol–water partition coefficient (Wildman–Crippen LogP) is 3.16. The van der Waals surface area contributed by atoms with Crippen LogP contribution in [0.3, 0.4) is 0 Å². The highest BCUT2D eigenvalue weighted by Crippen LogP contribution is 2.22. The van der Waals surface area contributed by atoms with Crippen molar-refractivity contribution in [3.05, 3.63) is 52.5 Å². The van der Waals surface area contributed by atoms with E-state index in [1.807, 2.05) is 0 Å². The van der Waals surface area contributed by atoms with Gasteiger partial charge < -0.3 is 14.8 Å². The first-order chi connectivity index (χ1) is 9.40. The molecule has 5 nitrogen and oxygen atoms in total. The van der Waals surface area contributed by atoms with Crippen molar-refractivity contribution in [2.45, 2.75) is 20.8 Å². The number of anilines is 1. The molecule has 1 aromatic heterocycles. The average molecular weight is 273 g/mol. The molecule has 0 unspecified atom stereocenters. The molecule has 0 spiro atoms. The van der Waals surface area contributed by atoms with Crippen LogP contribution < -0.4 is 5.32 Å². The van der Waals surface area contributed by atoms with Crippen LogP contribution in [0, 0.1) is 20.8 Å². The molecule has 0 atom stereocenters. The Morgan fingerprint density at radius 2 is 1.90 bits per heavy atom. The Morgan fingerprint density at radius 1 is 1.20 bits per heavy atom. The fourth-order valence-corrected chi connectivity index (χ4v) is 2.10. The number of hydrogen-bond acceptors (Lipinski definition) is 3. The van der Waals surface area contributed by atoms with E-state index in [0.717, 1.165) is 0 Å². The number of carbonyl (C=O) groups is 2. The van der Waals surface area contributed by atoms with Gasteiger partial charge in [0.2, 0.25) is 0 Å². The van der Waals surface area contributed by atoms with Crippen LogP contribution in [-0.4, -0.2) is 17.0 Å². The molecule has 1 aromatic carbocycles. The number of nitrogens with one attached hydrogen (secondary N) is 1. The van der Waals surface area contributed by atoms with Gasteiger partial charge in [-0.3, -0.25) is 4.79 Å². The van der Waals surface area contributed by atoms with Crippen molar-refractivity contribution in [3.8, 4) is 0 Å². The minimum Gasteiger partial charge on any atom is -0.478 e. The van der Waals surface area contributed by atoms with E-state index in [-0.39, 0.29) is 17.2 Å². The molecule has 0 aliphatic carbocycles. The van der Waals surface area contributed by atoms with Crippen LogP contribution in [-0.2, 0) is 0 Å². The summed E-state index contributed by atoms with van der Waals surface area (Å²) >= 11 is 0. The Bertz CT molecular complexity index is 685. The molecule has 2 N–H and O–H groups in total. The van der Waals surface area contributed by atoms with Gasteiger partial charge in [-0.05, 0) is 38.5 Å². The van der Waals surface area contributed by atoms with Gasteiger partial charge in [0, 0.05) is 0 Å². The first-order valence-corrected chi connectivity index (χ1v) is 6.11. The van der Waals surface area contributed by atoms with Gasteiger partial charge in [0.1, 0.15) is 11.5 Å². The Morgan fingerprint density at radius 3 is 2.45 bits per heavy atom. The van der Waals surface area contributed by atoms with Gasteiger partial charge in [-0.2, -0.15) is 0 Å². The largest absolute Gasteiger partial charge is 0.478 e. The third-order valence-electron chi connectivity index (χ3n) is 3.02. The van der Waals surface area contributed by atoms with E-state index in [2.05, 4.69) is 5.32 Å². The lowest BCUT2D eigenvalue weighted by Crippen LogP contribution is -2.15. The highest BCUT2D eigenvalue weighted by atomic mass is 16.4. The Balaban J connectivity index is 2.36. The standard InChI is InChI=1S/C15H15NO4/c1-8-5-4-6-12(13(8)15(18)19)16-14(17)11-7-9(2)20-10(11)3/h4-7H,1-3H3,(H,16,17)(H,18,19). The van der Waals surface area contributed by atoms with E-state index >= 15 is 0 Å². The van der Waals surface area contributed by atoms with E-state index in [1.54, 1.807) is 45.0 Å². The lowest BCUT2D eigenvalue weighted by Gasteiger charge is -2.10. The van der Waals surface area contributed by atoms with Crippen molar-refractivity contribution in [3.63, 3.8) is 0 Å². The normalized spacial score (nSPS) is 10.3. The third kappa shape index (κ3) is 2.56. The number of aromatic carboxylic acids is 1. The second-order valence-electron chi connectivity index (χ2n) is 4.58. The molecule has 0 bridgehead atoms. The van der Waals surface area contributed by atoms with Crippen LogP contribution in [0.5, 0.6) is 0 Å². The Hall–Kier alpha value is -2.56. The molecular formula is C15H15NO4. The fourth-order valence-electron chi connectivity index (χ4n) is 2.10. The van der Waals surface area contributed by atoms with Gasteiger partial charge >= 0.3 is 5.97 Å². The van der Waals surface area contributed by atoms with Gasteiger partial charge in [0.15, 0.2) is 0 Å². The third-order valence-corrected chi connectivity index (χ3v) is 3.02. The summed E-state index contributed by atoms with van der Waals surface area (Å²) in [4.78, 5) is 23.4. The summed E-state index contributed by atoms with van der Waals surface area (Å²) in [7, 11) is 0. The van der Waals surface area contributed by atoms with E-state index in [9.17, 15) is 14.7 Å². The van der Waals surface area contributed by atoms with Crippen LogP contribution in [0.1, 0.15) is 37.8 Å². The number of carbonyl (C=O) groups excluding carboxylic acids is 1. The molecule has 2 aromatic rings. The van der Waals surface area contributed by atoms with Crippen molar-refractivity contribution >= 4 is 17.6 Å². The van der Waals surface area contributed by atoms with Crippen LogP contribution in [0.15, 0.2) is 28.7 Å². The molecule has 2 rings (SSSR count). The summed E-state index contributed by atoms with van der Waals surface area (Å²) in [5, 5.41) is 11.8. The number of carboxylic acid groups (broad SMARTS) is 1. The number of carboxylic acids is 1. The molecule has 0 aliphatic heterocycles. The van der Waals surface area contributed by atoms with Crippen LogP contribution in [0.25, 0.3) is 0 Å². The summed E-state index contributed by atoms with van der Waals surface area (Å²) in [6.07, 6.45) is 0. The summed E-state index contributed by atoms with van der Waals surface area (Å²) in [6, 6.07) is 6.58. The summed E-state index contributed by atoms with van der Waals surface area (Å²) in [5.74, 6) is -0.314. The smallest absolute Gasteiger partial charge is 0.338 e. The van der Waals surface area contributed by atoms with E-state index < -0.39 is 5.97 Å². The molecule has 104 valence electrons. The maximum Gasteiger partial charge on any atom is 0.338 e. The zero-order chi connectivity index (χ0) is 14.9. The fraction of sp³-hybridized carbons (Fsp3) is 0.200. The quantitative estimate of drug-likeness (QED) is 0.900. The van der Waals surface area contributed by atoms with Crippen molar-refractivity contribution in [1.82, 2.24) is 0 Å². The maximum atomic E-state index is 12.2. The van der Waals surface area contributed by atoms with Crippen molar-refractivity contribution < 1.29 is 19.1 Å². The average Bonchev–Trinajstić information content (AvgIpc) is 2.68. The summed E-state index contributed by atoms with van der Waals surface area (Å²) in [6.45, 7) is 5.13. The Labute approximate surface area is 116 Å². The molecular weight excluding hydrogens is 258 g/mol.